The van der Waals surface area contributed by atoms with Gasteiger partial charge in [0.25, 0.3) is 0 Å². The number of nitrogens with zero attached hydrogens (tertiary/aromatic N) is 4. The number of hydrogen-bond donors (Lipinski definition) is 0. The first-order valence-corrected chi connectivity index (χ1v) is 13.3. The number of amides is 1. The molecule has 32 heavy (non-hydrogen) atoms. The minimum absolute atomic E-state index is 0.0326. The van der Waals surface area contributed by atoms with E-state index in [-0.39, 0.29) is 29.2 Å². The SMILES string of the molecule is CN(C(=O)CSc1nnc(-c2ccc(Cl)cc2)n1Cc1ccccc1)[C@H]1CCS(=O)(=O)C1. The summed E-state index contributed by atoms with van der Waals surface area (Å²) in [5.74, 6) is 0.888. The third kappa shape index (κ3) is 5.33. The number of rotatable bonds is 7. The number of carbonyl (C=O) groups is 1. The van der Waals surface area contributed by atoms with Crippen molar-refractivity contribution in [2.75, 3.05) is 24.3 Å². The highest BCUT2D eigenvalue weighted by atomic mass is 35.5. The average molecular weight is 491 g/mol. The van der Waals surface area contributed by atoms with Crippen LogP contribution < -0.4 is 0 Å². The number of hydrogen-bond acceptors (Lipinski definition) is 6. The molecule has 168 valence electrons. The van der Waals surface area contributed by atoms with Crippen molar-refractivity contribution >= 4 is 39.1 Å². The summed E-state index contributed by atoms with van der Waals surface area (Å²) < 4.78 is 25.5. The maximum atomic E-state index is 12.7. The van der Waals surface area contributed by atoms with Crippen LogP contribution in [0.1, 0.15) is 12.0 Å². The smallest absolute Gasteiger partial charge is 0.233 e. The molecular formula is C22H23ClN4O3S2. The van der Waals surface area contributed by atoms with Crippen LogP contribution in [0.2, 0.25) is 5.02 Å². The van der Waals surface area contributed by atoms with Crippen molar-refractivity contribution in [3.63, 3.8) is 0 Å². The number of aromatic nitrogens is 3. The molecule has 0 unspecified atom stereocenters. The standard InChI is InChI=1S/C22H23ClN4O3S2/c1-26(19-11-12-32(29,30)15-19)20(28)14-31-22-25-24-21(17-7-9-18(23)10-8-17)27(22)13-16-5-3-2-4-6-16/h2-10,19H,11-15H2,1H3/t19-/m0/s1. The molecule has 4 rings (SSSR count). The highest BCUT2D eigenvalue weighted by Crippen LogP contribution is 2.27. The largest absolute Gasteiger partial charge is 0.341 e. The van der Waals surface area contributed by atoms with Crippen molar-refractivity contribution in [3.05, 3.63) is 65.2 Å². The van der Waals surface area contributed by atoms with E-state index in [1.54, 1.807) is 24.1 Å². The van der Waals surface area contributed by atoms with E-state index >= 15 is 0 Å². The van der Waals surface area contributed by atoms with Gasteiger partial charge in [-0.15, -0.1) is 10.2 Å². The molecule has 1 aromatic heterocycles. The molecule has 0 bridgehead atoms. The van der Waals surface area contributed by atoms with Crippen molar-refractivity contribution in [3.8, 4) is 11.4 Å². The summed E-state index contributed by atoms with van der Waals surface area (Å²) in [4.78, 5) is 14.3. The average Bonchev–Trinajstić information content (AvgIpc) is 3.35. The van der Waals surface area contributed by atoms with E-state index in [0.29, 0.717) is 29.0 Å². The molecule has 1 fully saturated rings. The first kappa shape index (κ1) is 22.8. The minimum Gasteiger partial charge on any atom is -0.341 e. The van der Waals surface area contributed by atoms with Crippen LogP contribution in [0.3, 0.4) is 0 Å². The second-order valence-corrected chi connectivity index (χ2v) is 11.3. The maximum Gasteiger partial charge on any atom is 0.233 e. The summed E-state index contributed by atoms with van der Waals surface area (Å²) in [6.45, 7) is 0.555. The van der Waals surface area contributed by atoms with Crippen LogP contribution >= 0.6 is 23.4 Å². The van der Waals surface area contributed by atoms with Gasteiger partial charge in [0, 0.05) is 23.7 Å². The van der Waals surface area contributed by atoms with Crippen LogP contribution in [0.15, 0.2) is 59.8 Å². The lowest BCUT2D eigenvalue weighted by Gasteiger charge is -2.23. The van der Waals surface area contributed by atoms with Crippen molar-refractivity contribution < 1.29 is 13.2 Å². The summed E-state index contributed by atoms with van der Waals surface area (Å²) in [6.07, 6.45) is 0.486. The molecule has 10 heteroatoms. The normalized spacial score (nSPS) is 17.4. The second kappa shape index (κ2) is 9.64. The van der Waals surface area contributed by atoms with Gasteiger partial charge in [-0.3, -0.25) is 9.36 Å². The van der Waals surface area contributed by atoms with Gasteiger partial charge in [-0.25, -0.2) is 8.42 Å². The Labute approximate surface area is 196 Å². The van der Waals surface area contributed by atoms with Crippen molar-refractivity contribution in [1.82, 2.24) is 19.7 Å². The van der Waals surface area contributed by atoms with Gasteiger partial charge < -0.3 is 4.90 Å². The highest BCUT2D eigenvalue weighted by molar-refractivity contribution is 7.99. The van der Waals surface area contributed by atoms with Gasteiger partial charge in [0.15, 0.2) is 20.8 Å². The molecule has 0 aliphatic carbocycles. The number of carbonyl (C=O) groups excluding carboxylic acids is 1. The summed E-state index contributed by atoms with van der Waals surface area (Å²) in [5, 5.41) is 9.98. The van der Waals surface area contributed by atoms with Crippen LogP contribution in [0, 0.1) is 0 Å². The van der Waals surface area contributed by atoms with Crippen LogP contribution in [0.4, 0.5) is 0 Å². The van der Waals surface area contributed by atoms with Crippen LogP contribution in [-0.4, -0.2) is 64.3 Å². The molecule has 1 aliphatic rings. The Hall–Kier alpha value is -2.36. The highest BCUT2D eigenvalue weighted by Gasteiger charge is 2.32. The molecule has 0 spiro atoms. The van der Waals surface area contributed by atoms with Crippen molar-refractivity contribution in [1.29, 1.82) is 0 Å². The molecule has 1 atom stereocenters. The molecule has 1 saturated heterocycles. The van der Waals surface area contributed by atoms with Gasteiger partial charge in [-0.05, 0) is 36.2 Å². The fraction of sp³-hybridized carbons (Fsp3) is 0.318. The lowest BCUT2D eigenvalue weighted by Crippen LogP contribution is -2.38. The van der Waals surface area contributed by atoms with Crippen LogP contribution in [-0.2, 0) is 21.2 Å². The fourth-order valence-electron chi connectivity index (χ4n) is 3.63. The molecule has 1 aliphatic heterocycles. The molecule has 2 aromatic carbocycles. The molecule has 0 radical (unpaired) electrons. The summed E-state index contributed by atoms with van der Waals surface area (Å²) in [7, 11) is -1.38. The van der Waals surface area contributed by atoms with Gasteiger partial charge in [-0.1, -0.05) is 53.7 Å². The zero-order chi connectivity index (χ0) is 22.7. The number of thioether (sulfide) groups is 1. The second-order valence-electron chi connectivity index (χ2n) is 7.73. The molecule has 7 nitrogen and oxygen atoms in total. The zero-order valence-electron chi connectivity index (χ0n) is 17.5. The predicted molar refractivity (Wildman–Crippen MR) is 127 cm³/mol. The number of sulfone groups is 1. The summed E-state index contributed by atoms with van der Waals surface area (Å²) in [6, 6.07) is 17.1. The Balaban J connectivity index is 1.54. The number of halogens is 1. The van der Waals surface area contributed by atoms with Gasteiger partial charge >= 0.3 is 0 Å². The first-order chi connectivity index (χ1) is 15.3. The quantitative estimate of drug-likeness (QED) is 0.472. The summed E-state index contributed by atoms with van der Waals surface area (Å²) >= 11 is 7.34. The minimum atomic E-state index is -3.05. The molecule has 3 aromatic rings. The Morgan fingerprint density at radius 3 is 2.53 bits per heavy atom. The molecular weight excluding hydrogens is 468 g/mol. The summed E-state index contributed by atoms with van der Waals surface area (Å²) in [5.41, 5.74) is 1.97. The zero-order valence-corrected chi connectivity index (χ0v) is 19.9. The van der Waals surface area contributed by atoms with E-state index in [1.807, 2.05) is 47.0 Å². The van der Waals surface area contributed by atoms with Gasteiger partial charge in [0.05, 0.1) is 23.8 Å². The van der Waals surface area contributed by atoms with Crippen molar-refractivity contribution in [2.24, 2.45) is 0 Å². The topological polar surface area (TPSA) is 85.2 Å². The Morgan fingerprint density at radius 2 is 1.88 bits per heavy atom. The Morgan fingerprint density at radius 1 is 1.16 bits per heavy atom. The maximum absolute atomic E-state index is 12.7. The van der Waals surface area contributed by atoms with E-state index in [9.17, 15) is 13.2 Å². The lowest BCUT2D eigenvalue weighted by atomic mass is 10.2. The van der Waals surface area contributed by atoms with E-state index in [2.05, 4.69) is 10.2 Å². The van der Waals surface area contributed by atoms with Crippen LogP contribution in [0.25, 0.3) is 11.4 Å². The third-order valence-corrected chi connectivity index (χ3v) is 8.43. The fourth-order valence-corrected chi connectivity index (χ4v) is 6.39. The molecule has 2 heterocycles. The van der Waals surface area contributed by atoms with Gasteiger partial charge in [-0.2, -0.15) is 0 Å². The molecule has 0 saturated carbocycles. The third-order valence-electron chi connectivity index (χ3n) is 5.48. The van der Waals surface area contributed by atoms with E-state index in [4.69, 9.17) is 11.6 Å². The number of benzene rings is 2. The predicted octanol–water partition coefficient (Wildman–Crippen LogP) is 3.38. The van der Waals surface area contributed by atoms with E-state index in [1.165, 1.54) is 11.8 Å². The molecule has 1 amide bonds. The monoisotopic (exact) mass is 490 g/mol. The Bertz CT molecular complexity index is 1200. The van der Waals surface area contributed by atoms with E-state index < -0.39 is 9.84 Å². The Kier molecular flexibility index (Phi) is 6.88. The first-order valence-electron chi connectivity index (χ1n) is 10.1. The lowest BCUT2D eigenvalue weighted by molar-refractivity contribution is -0.128. The van der Waals surface area contributed by atoms with Crippen molar-refractivity contribution in [2.45, 2.75) is 24.2 Å². The van der Waals surface area contributed by atoms with Crippen LogP contribution in [0.5, 0.6) is 0 Å². The van der Waals surface area contributed by atoms with Gasteiger partial charge in [0.1, 0.15) is 0 Å². The van der Waals surface area contributed by atoms with Gasteiger partial charge in [0.2, 0.25) is 5.91 Å². The molecule has 0 N–H and O–H groups in total. The van der Waals surface area contributed by atoms with E-state index in [0.717, 1.165) is 11.1 Å².